The lowest BCUT2D eigenvalue weighted by atomic mass is 10.3. The van der Waals surface area contributed by atoms with Crippen LogP contribution >= 0.6 is 11.3 Å². The second-order valence-electron chi connectivity index (χ2n) is 3.84. The van der Waals surface area contributed by atoms with Gasteiger partial charge in [-0.2, -0.15) is 5.10 Å². The molecule has 0 spiro atoms. The van der Waals surface area contributed by atoms with Gasteiger partial charge >= 0.3 is 5.97 Å². The van der Waals surface area contributed by atoms with E-state index in [2.05, 4.69) is 10.1 Å². The van der Waals surface area contributed by atoms with E-state index >= 15 is 0 Å². The van der Waals surface area contributed by atoms with Gasteiger partial charge in [0.15, 0.2) is 5.65 Å². The first-order chi connectivity index (χ1) is 9.29. The zero-order valence-corrected chi connectivity index (χ0v) is 11.1. The van der Waals surface area contributed by atoms with Crippen LogP contribution in [-0.2, 0) is 4.74 Å². The summed E-state index contributed by atoms with van der Waals surface area (Å²) in [5, 5.41) is 6.09. The number of carbonyl (C=O) groups excluding carboxylic acids is 1. The van der Waals surface area contributed by atoms with Crippen LogP contribution in [0.4, 0.5) is 0 Å². The lowest BCUT2D eigenvalue weighted by molar-refractivity contribution is 0.0528. The second-order valence-corrected chi connectivity index (χ2v) is 4.78. The maximum absolute atomic E-state index is 11.8. The van der Waals surface area contributed by atoms with Crippen LogP contribution in [0.15, 0.2) is 36.0 Å². The van der Waals surface area contributed by atoms with Gasteiger partial charge in [-0.1, -0.05) is 6.07 Å². The van der Waals surface area contributed by atoms with Gasteiger partial charge in [-0.15, -0.1) is 11.3 Å². The number of hydrogen-bond acceptors (Lipinski definition) is 5. The minimum Gasteiger partial charge on any atom is -0.462 e. The van der Waals surface area contributed by atoms with E-state index in [0.29, 0.717) is 17.8 Å². The SMILES string of the molecule is CCOC(=O)c1cnn2ccc(-c3cccs3)nc12. The maximum atomic E-state index is 11.8. The van der Waals surface area contributed by atoms with Crippen molar-refractivity contribution >= 4 is 23.0 Å². The molecule has 0 aliphatic carbocycles. The molecular formula is C13H11N3O2S. The van der Waals surface area contributed by atoms with Crippen molar-refractivity contribution in [3.63, 3.8) is 0 Å². The molecule has 19 heavy (non-hydrogen) atoms. The Kier molecular flexibility index (Phi) is 3.00. The summed E-state index contributed by atoms with van der Waals surface area (Å²) in [7, 11) is 0. The Bertz CT molecular complexity index is 719. The molecule has 3 rings (SSSR count). The summed E-state index contributed by atoms with van der Waals surface area (Å²) in [6.45, 7) is 2.11. The molecule has 0 atom stereocenters. The molecule has 0 aromatic carbocycles. The highest BCUT2D eigenvalue weighted by atomic mass is 32.1. The molecule has 0 saturated carbocycles. The average Bonchev–Trinajstić information content (AvgIpc) is 3.07. The highest BCUT2D eigenvalue weighted by molar-refractivity contribution is 7.13. The summed E-state index contributed by atoms with van der Waals surface area (Å²) in [4.78, 5) is 17.3. The third kappa shape index (κ3) is 2.10. The van der Waals surface area contributed by atoms with Gasteiger partial charge in [-0.25, -0.2) is 14.3 Å². The highest BCUT2D eigenvalue weighted by Gasteiger charge is 2.15. The average molecular weight is 273 g/mol. The Balaban J connectivity index is 2.10. The number of esters is 1. The number of ether oxygens (including phenoxy) is 1. The standard InChI is InChI=1S/C13H11N3O2S/c1-2-18-13(17)9-8-14-16-6-5-10(15-12(9)16)11-4-3-7-19-11/h3-8H,2H2,1H3. The Labute approximate surface area is 113 Å². The number of aromatic nitrogens is 3. The van der Waals surface area contributed by atoms with Crippen molar-refractivity contribution in [2.24, 2.45) is 0 Å². The number of nitrogens with zero attached hydrogens (tertiary/aromatic N) is 3. The molecule has 6 heteroatoms. The van der Waals surface area contributed by atoms with Crippen molar-refractivity contribution in [2.45, 2.75) is 6.92 Å². The molecule has 0 radical (unpaired) electrons. The van der Waals surface area contributed by atoms with Crippen LogP contribution in [0.5, 0.6) is 0 Å². The van der Waals surface area contributed by atoms with Crippen LogP contribution in [0.25, 0.3) is 16.2 Å². The molecule has 0 saturated heterocycles. The molecule has 5 nitrogen and oxygen atoms in total. The molecule has 3 aromatic rings. The van der Waals surface area contributed by atoms with Crippen LogP contribution in [0, 0.1) is 0 Å². The molecule has 0 aliphatic heterocycles. The zero-order valence-electron chi connectivity index (χ0n) is 10.2. The number of rotatable bonds is 3. The van der Waals surface area contributed by atoms with E-state index in [-0.39, 0.29) is 0 Å². The summed E-state index contributed by atoms with van der Waals surface area (Å²) in [5.74, 6) is -0.395. The number of thiophene rings is 1. The molecule has 0 unspecified atom stereocenters. The quantitative estimate of drug-likeness (QED) is 0.688. The van der Waals surface area contributed by atoms with Crippen molar-refractivity contribution < 1.29 is 9.53 Å². The normalized spacial score (nSPS) is 10.8. The fourth-order valence-corrected chi connectivity index (χ4v) is 2.48. The van der Waals surface area contributed by atoms with Crippen LogP contribution < -0.4 is 0 Å². The van der Waals surface area contributed by atoms with Crippen LogP contribution in [-0.4, -0.2) is 27.2 Å². The van der Waals surface area contributed by atoms with E-state index in [0.717, 1.165) is 10.6 Å². The Morgan fingerprint density at radius 3 is 3.11 bits per heavy atom. The molecule has 0 bridgehead atoms. The largest absolute Gasteiger partial charge is 0.462 e. The zero-order chi connectivity index (χ0) is 13.2. The van der Waals surface area contributed by atoms with Crippen molar-refractivity contribution in [2.75, 3.05) is 6.61 Å². The lowest BCUT2D eigenvalue weighted by Gasteiger charge is -2.01. The summed E-state index contributed by atoms with van der Waals surface area (Å²) in [6.07, 6.45) is 3.28. The van der Waals surface area contributed by atoms with Gasteiger partial charge in [0.1, 0.15) is 5.56 Å². The minimum atomic E-state index is -0.395. The van der Waals surface area contributed by atoms with Crippen LogP contribution in [0.3, 0.4) is 0 Å². The van der Waals surface area contributed by atoms with Crippen molar-refractivity contribution in [1.29, 1.82) is 0 Å². The monoisotopic (exact) mass is 273 g/mol. The molecule has 0 fully saturated rings. The number of fused-ring (bicyclic) bond motifs is 1. The van der Waals surface area contributed by atoms with Gasteiger partial charge in [0.05, 0.1) is 23.4 Å². The highest BCUT2D eigenvalue weighted by Crippen LogP contribution is 2.23. The molecular weight excluding hydrogens is 262 g/mol. The minimum absolute atomic E-state index is 0.334. The predicted molar refractivity (Wildman–Crippen MR) is 72.3 cm³/mol. The summed E-state index contributed by atoms with van der Waals surface area (Å²) < 4.78 is 6.57. The number of carbonyl (C=O) groups is 1. The van der Waals surface area contributed by atoms with Crippen molar-refractivity contribution in [1.82, 2.24) is 14.6 Å². The van der Waals surface area contributed by atoms with E-state index < -0.39 is 5.97 Å². The lowest BCUT2D eigenvalue weighted by Crippen LogP contribution is -2.05. The smallest absolute Gasteiger partial charge is 0.343 e. The molecule has 3 aromatic heterocycles. The van der Waals surface area contributed by atoms with E-state index in [1.54, 1.807) is 29.0 Å². The van der Waals surface area contributed by atoms with Gasteiger partial charge < -0.3 is 4.74 Å². The Morgan fingerprint density at radius 2 is 2.37 bits per heavy atom. The fourth-order valence-electron chi connectivity index (χ4n) is 1.78. The third-order valence-corrected chi connectivity index (χ3v) is 3.53. The van der Waals surface area contributed by atoms with Gasteiger partial charge in [0, 0.05) is 6.20 Å². The Morgan fingerprint density at radius 1 is 1.47 bits per heavy atom. The first-order valence-electron chi connectivity index (χ1n) is 5.85. The van der Waals surface area contributed by atoms with E-state index in [9.17, 15) is 4.79 Å². The van der Waals surface area contributed by atoms with E-state index in [1.165, 1.54) is 6.20 Å². The molecule has 0 aliphatic rings. The summed E-state index contributed by atoms with van der Waals surface area (Å²) >= 11 is 1.60. The van der Waals surface area contributed by atoms with Gasteiger partial charge in [-0.05, 0) is 24.4 Å². The number of hydrogen-bond donors (Lipinski definition) is 0. The fraction of sp³-hybridized carbons (Fsp3) is 0.154. The topological polar surface area (TPSA) is 56.5 Å². The van der Waals surface area contributed by atoms with Gasteiger partial charge in [0.2, 0.25) is 0 Å². The summed E-state index contributed by atoms with van der Waals surface area (Å²) in [6, 6.07) is 5.83. The molecule has 0 N–H and O–H groups in total. The summed E-state index contributed by atoms with van der Waals surface area (Å²) in [5.41, 5.74) is 1.73. The van der Waals surface area contributed by atoms with Crippen molar-refractivity contribution in [3.05, 3.63) is 41.5 Å². The molecule has 96 valence electrons. The van der Waals surface area contributed by atoms with Gasteiger partial charge in [-0.3, -0.25) is 0 Å². The molecule has 0 amide bonds. The van der Waals surface area contributed by atoms with E-state index in [1.807, 2.05) is 23.6 Å². The van der Waals surface area contributed by atoms with Crippen LogP contribution in [0.2, 0.25) is 0 Å². The predicted octanol–water partition coefficient (Wildman–Crippen LogP) is 2.63. The maximum Gasteiger partial charge on any atom is 0.343 e. The molecule has 3 heterocycles. The van der Waals surface area contributed by atoms with Crippen molar-refractivity contribution in [3.8, 4) is 10.6 Å². The van der Waals surface area contributed by atoms with Crippen LogP contribution in [0.1, 0.15) is 17.3 Å². The second kappa shape index (κ2) is 4.81. The first kappa shape index (κ1) is 11.9. The van der Waals surface area contributed by atoms with E-state index in [4.69, 9.17) is 4.74 Å². The van der Waals surface area contributed by atoms with Gasteiger partial charge in [0.25, 0.3) is 0 Å². The third-order valence-electron chi connectivity index (χ3n) is 2.64. The first-order valence-corrected chi connectivity index (χ1v) is 6.73. The Hall–Kier alpha value is -2.21.